The van der Waals surface area contributed by atoms with Gasteiger partial charge in [-0.25, -0.2) is 4.39 Å². The third-order valence-electron chi connectivity index (χ3n) is 4.37. The zero-order chi connectivity index (χ0) is 14.0. The summed E-state index contributed by atoms with van der Waals surface area (Å²) in [6.45, 7) is 7.57. The van der Waals surface area contributed by atoms with E-state index >= 15 is 0 Å². The molecule has 0 bridgehead atoms. The molecule has 2 rings (SSSR count). The Balaban J connectivity index is 2.11. The highest BCUT2D eigenvalue weighted by Gasteiger charge is 2.32. The van der Waals surface area contributed by atoms with Crippen molar-refractivity contribution in [2.45, 2.75) is 46.1 Å². The van der Waals surface area contributed by atoms with E-state index in [4.69, 9.17) is 11.6 Å². The lowest BCUT2D eigenvalue weighted by molar-refractivity contribution is 0.204. The van der Waals surface area contributed by atoms with Crippen molar-refractivity contribution in [3.63, 3.8) is 0 Å². The Labute approximate surface area is 120 Å². The molecule has 19 heavy (non-hydrogen) atoms. The number of benzene rings is 1. The summed E-state index contributed by atoms with van der Waals surface area (Å²) in [5.74, 6) is 0.333. The highest BCUT2D eigenvalue weighted by molar-refractivity contribution is 6.30. The Morgan fingerprint density at radius 3 is 2.68 bits per heavy atom. The van der Waals surface area contributed by atoms with Crippen LogP contribution in [0, 0.1) is 17.2 Å². The van der Waals surface area contributed by atoms with E-state index in [0.29, 0.717) is 17.0 Å². The summed E-state index contributed by atoms with van der Waals surface area (Å²) < 4.78 is 13.9. The Morgan fingerprint density at radius 2 is 2.11 bits per heavy atom. The standard InChI is InChI=1S/C16H23ClFN/c1-11(2)16(3,10-19-14-5-6-14)9-12-8-13(17)4-7-15(12)18/h4,7-8,11,14,19H,5-6,9-10H2,1-3H3. The molecule has 1 aliphatic rings. The molecule has 1 nitrogen and oxygen atoms in total. The lowest BCUT2D eigenvalue weighted by atomic mass is 9.74. The molecule has 1 saturated carbocycles. The van der Waals surface area contributed by atoms with Crippen molar-refractivity contribution in [2.75, 3.05) is 6.54 Å². The van der Waals surface area contributed by atoms with Gasteiger partial charge in [0, 0.05) is 17.6 Å². The minimum absolute atomic E-state index is 0.0497. The van der Waals surface area contributed by atoms with Crippen molar-refractivity contribution in [2.24, 2.45) is 11.3 Å². The van der Waals surface area contributed by atoms with Crippen molar-refractivity contribution < 1.29 is 4.39 Å². The first-order valence-electron chi connectivity index (χ1n) is 7.08. The summed E-state index contributed by atoms with van der Waals surface area (Å²) in [7, 11) is 0. The quantitative estimate of drug-likeness (QED) is 0.814. The van der Waals surface area contributed by atoms with Gasteiger partial charge in [0.25, 0.3) is 0 Å². The number of nitrogens with one attached hydrogen (secondary N) is 1. The van der Waals surface area contributed by atoms with Crippen molar-refractivity contribution >= 4 is 11.6 Å². The monoisotopic (exact) mass is 283 g/mol. The molecule has 1 aromatic rings. The summed E-state index contributed by atoms with van der Waals surface area (Å²) in [5, 5.41) is 4.19. The molecule has 1 fully saturated rings. The van der Waals surface area contributed by atoms with Crippen LogP contribution in [0.4, 0.5) is 4.39 Å². The van der Waals surface area contributed by atoms with Gasteiger partial charge in [-0.2, -0.15) is 0 Å². The van der Waals surface area contributed by atoms with Crippen molar-refractivity contribution in [3.05, 3.63) is 34.6 Å². The minimum Gasteiger partial charge on any atom is -0.313 e. The highest BCUT2D eigenvalue weighted by atomic mass is 35.5. The van der Waals surface area contributed by atoms with Crippen LogP contribution in [-0.2, 0) is 6.42 Å². The molecule has 1 atom stereocenters. The number of hydrogen-bond donors (Lipinski definition) is 1. The maximum Gasteiger partial charge on any atom is 0.126 e. The minimum atomic E-state index is -0.150. The highest BCUT2D eigenvalue weighted by Crippen LogP contribution is 2.33. The molecule has 1 N–H and O–H groups in total. The van der Waals surface area contributed by atoms with Crippen LogP contribution in [0.15, 0.2) is 18.2 Å². The Hall–Kier alpha value is -0.600. The summed E-state index contributed by atoms with van der Waals surface area (Å²) in [6.07, 6.45) is 3.27. The molecule has 0 aliphatic heterocycles. The first kappa shape index (κ1) is 14.8. The van der Waals surface area contributed by atoms with Crippen molar-refractivity contribution in [1.82, 2.24) is 5.32 Å². The van der Waals surface area contributed by atoms with Crippen LogP contribution in [0.2, 0.25) is 5.02 Å². The Kier molecular flexibility index (Phi) is 4.52. The second-order valence-electron chi connectivity index (χ2n) is 6.38. The number of halogens is 2. The van der Waals surface area contributed by atoms with E-state index in [1.54, 1.807) is 12.1 Å². The van der Waals surface area contributed by atoms with E-state index in [-0.39, 0.29) is 11.2 Å². The lowest BCUT2D eigenvalue weighted by Crippen LogP contribution is -2.39. The van der Waals surface area contributed by atoms with Gasteiger partial charge in [0.05, 0.1) is 0 Å². The zero-order valence-electron chi connectivity index (χ0n) is 12.0. The molecule has 106 valence electrons. The van der Waals surface area contributed by atoms with Gasteiger partial charge in [0.15, 0.2) is 0 Å². The average Bonchev–Trinajstić information content (AvgIpc) is 3.15. The van der Waals surface area contributed by atoms with Gasteiger partial charge in [-0.1, -0.05) is 32.4 Å². The molecule has 0 radical (unpaired) electrons. The van der Waals surface area contributed by atoms with Crippen LogP contribution in [-0.4, -0.2) is 12.6 Å². The van der Waals surface area contributed by atoms with E-state index in [0.717, 1.165) is 18.5 Å². The molecule has 0 saturated heterocycles. The molecule has 1 aliphatic carbocycles. The predicted octanol–water partition coefficient (Wildman–Crippen LogP) is 4.44. The lowest BCUT2D eigenvalue weighted by Gasteiger charge is -2.34. The molecule has 1 unspecified atom stereocenters. The average molecular weight is 284 g/mol. The van der Waals surface area contributed by atoms with Crippen LogP contribution in [0.3, 0.4) is 0 Å². The van der Waals surface area contributed by atoms with Crippen LogP contribution in [0.25, 0.3) is 0 Å². The van der Waals surface area contributed by atoms with E-state index in [1.807, 2.05) is 0 Å². The molecule has 0 amide bonds. The summed E-state index contributed by atoms with van der Waals surface area (Å²) in [5.41, 5.74) is 0.773. The molecule has 0 spiro atoms. The van der Waals surface area contributed by atoms with Gasteiger partial charge in [-0.15, -0.1) is 0 Å². The fourth-order valence-corrected chi connectivity index (χ4v) is 2.44. The zero-order valence-corrected chi connectivity index (χ0v) is 12.7. The molecule has 0 aromatic heterocycles. The van der Waals surface area contributed by atoms with Crippen LogP contribution >= 0.6 is 11.6 Å². The van der Waals surface area contributed by atoms with Gasteiger partial charge in [-0.3, -0.25) is 0 Å². The Morgan fingerprint density at radius 1 is 1.42 bits per heavy atom. The van der Waals surface area contributed by atoms with E-state index in [9.17, 15) is 4.39 Å². The van der Waals surface area contributed by atoms with Crippen LogP contribution < -0.4 is 5.32 Å². The molecular weight excluding hydrogens is 261 g/mol. The summed E-state index contributed by atoms with van der Waals surface area (Å²) >= 11 is 5.98. The molecule has 1 aromatic carbocycles. The summed E-state index contributed by atoms with van der Waals surface area (Å²) in [4.78, 5) is 0. The fourth-order valence-electron chi connectivity index (χ4n) is 2.25. The smallest absolute Gasteiger partial charge is 0.126 e. The summed E-state index contributed by atoms with van der Waals surface area (Å²) in [6, 6.07) is 5.51. The third kappa shape index (κ3) is 3.93. The molecule has 3 heteroatoms. The van der Waals surface area contributed by atoms with Crippen molar-refractivity contribution in [3.8, 4) is 0 Å². The van der Waals surface area contributed by atoms with E-state index in [1.165, 1.54) is 18.9 Å². The molecule has 0 heterocycles. The fraction of sp³-hybridized carbons (Fsp3) is 0.625. The van der Waals surface area contributed by atoms with Crippen LogP contribution in [0.5, 0.6) is 0 Å². The Bertz CT molecular complexity index is 442. The normalized spacial score (nSPS) is 18.6. The maximum atomic E-state index is 13.9. The van der Waals surface area contributed by atoms with Gasteiger partial charge in [-0.05, 0) is 54.4 Å². The second kappa shape index (κ2) is 5.80. The van der Waals surface area contributed by atoms with Gasteiger partial charge >= 0.3 is 0 Å². The van der Waals surface area contributed by atoms with Crippen LogP contribution in [0.1, 0.15) is 39.2 Å². The first-order chi connectivity index (χ1) is 8.90. The SMILES string of the molecule is CC(C)C(C)(CNC1CC1)Cc1cc(Cl)ccc1F. The largest absolute Gasteiger partial charge is 0.313 e. The van der Waals surface area contributed by atoms with Crippen molar-refractivity contribution in [1.29, 1.82) is 0 Å². The number of rotatable bonds is 6. The predicted molar refractivity (Wildman–Crippen MR) is 79.1 cm³/mol. The third-order valence-corrected chi connectivity index (χ3v) is 4.60. The van der Waals surface area contributed by atoms with Gasteiger partial charge < -0.3 is 5.32 Å². The van der Waals surface area contributed by atoms with E-state index < -0.39 is 0 Å². The van der Waals surface area contributed by atoms with Gasteiger partial charge in [0.1, 0.15) is 5.82 Å². The molecular formula is C16H23ClFN. The second-order valence-corrected chi connectivity index (χ2v) is 6.81. The maximum absolute atomic E-state index is 13.9. The first-order valence-corrected chi connectivity index (χ1v) is 7.46. The topological polar surface area (TPSA) is 12.0 Å². The number of hydrogen-bond acceptors (Lipinski definition) is 1. The van der Waals surface area contributed by atoms with Gasteiger partial charge in [0.2, 0.25) is 0 Å². The van der Waals surface area contributed by atoms with E-state index in [2.05, 4.69) is 26.1 Å².